The lowest BCUT2D eigenvalue weighted by Gasteiger charge is -2.09. The van der Waals surface area contributed by atoms with E-state index in [0.717, 1.165) is 36.4 Å². The number of nitrogens with zero attached hydrogens (tertiary/aromatic N) is 2. The highest BCUT2D eigenvalue weighted by Gasteiger charge is 2.16. The summed E-state index contributed by atoms with van der Waals surface area (Å²) in [6, 6.07) is 11.8. The van der Waals surface area contributed by atoms with Crippen molar-refractivity contribution in [1.82, 2.24) is 0 Å². The van der Waals surface area contributed by atoms with Gasteiger partial charge >= 0.3 is 11.9 Å². The normalized spacial score (nSPS) is 9.88. The summed E-state index contributed by atoms with van der Waals surface area (Å²) in [6.45, 7) is 0. The second-order valence-electron chi connectivity index (χ2n) is 6.15. The third-order valence-corrected chi connectivity index (χ3v) is 4.27. The second kappa shape index (κ2) is 10.6. The average molecular weight is 478 g/mol. The predicted molar refractivity (Wildman–Crippen MR) is 115 cm³/mol. The summed E-state index contributed by atoms with van der Waals surface area (Å²) in [6.07, 6.45) is 0. The predicted octanol–water partition coefficient (Wildman–Crippen LogP) is 5.12. The molecule has 0 saturated carbocycles. The number of aromatic carboxylic acids is 2. The summed E-state index contributed by atoms with van der Waals surface area (Å²) in [4.78, 5) is 41.2. The number of halogens is 2. The van der Waals surface area contributed by atoms with E-state index in [1.54, 1.807) is 0 Å². The van der Waals surface area contributed by atoms with Crippen LogP contribution < -0.4 is 5.32 Å². The van der Waals surface area contributed by atoms with Crippen molar-refractivity contribution in [3.8, 4) is 0 Å². The molecule has 0 atom stereocenters. The van der Waals surface area contributed by atoms with E-state index >= 15 is 0 Å². The number of non-ortho nitro benzene ring substituents is 2. The maximum atomic E-state index is 12.8. The lowest BCUT2D eigenvalue weighted by molar-refractivity contribution is -0.385. The molecule has 3 rings (SSSR count). The van der Waals surface area contributed by atoms with E-state index in [-0.39, 0.29) is 33.2 Å². The van der Waals surface area contributed by atoms with Gasteiger partial charge in [-0.3, -0.25) is 20.2 Å². The first-order valence-corrected chi connectivity index (χ1v) is 9.09. The third-order valence-electron chi connectivity index (χ3n) is 3.96. The summed E-state index contributed by atoms with van der Waals surface area (Å²) >= 11 is 5.48. The molecule has 0 radical (unpaired) electrons. The Bertz CT molecular complexity index is 1230. The van der Waals surface area contributed by atoms with E-state index in [4.69, 9.17) is 21.8 Å². The number of hydrogen-bond acceptors (Lipinski definition) is 7. The first-order valence-electron chi connectivity index (χ1n) is 8.71. The van der Waals surface area contributed by atoms with Crippen molar-refractivity contribution in [2.24, 2.45) is 0 Å². The van der Waals surface area contributed by atoms with Crippen molar-refractivity contribution in [2.75, 3.05) is 5.32 Å². The van der Waals surface area contributed by atoms with Gasteiger partial charge in [-0.25, -0.2) is 14.0 Å². The lowest BCUT2D eigenvalue weighted by atomic mass is 10.1. The molecule has 0 aliphatic carbocycles. The van der Waals surface area contributed by atoms with Crippen molar-refractivity contribution in [2.45, 2.75) is 0 Å². The molecule has 33 heavy (non-hydrogen) atoms. The van der Waals surface area contributed by atoms with Crippen molar-refractivity contribution >= 4 is 46.3 Å². The molecule has 3 aromatic carbocycles. The molecule has 0 spiro atoms. The quantitative estimate of drug-likeness (QED) is 0.321. The minimum absolute atomic E-state index is 0.0679. The number of carboxylic acids is 2. The number of carboxylic acid groups (broad SMARTS) is 2. The molecule has 0 aliphatic heterocycles. The Kier molecular flexibility index (Phi) is 7.96. The third kappa shape index (κ3) is 6.70. The Morgan fingerprint density at radius 3 is 1.76 bits per heavy atom. The Labute approximate surface area is 189 Å². The average Bonchev–Trinajstić information content (AvgIpc) is 2.75. The van der Waals surface area contributed by atoms with Crippen LogP contribution in [0.5, 0.6) is 0 Å². The highest BCUT2D eigenvalue weighted by atomic mass is 35.5. The summed E-state index contributed by atoms with van der Waals surface area (Å²) in [5.74, 6) is -2.86. The Morgan fingerprint density at radius 1 is 0.818 bits per heavy atom. The van der Waals surface area contributed by atoms with Gasteiger partial charge in [-0.2, -0.15) is 0 Å². The van der Waals surface area contributed by atoms with Crippen LogP contribution in [0.15, 0.2) is 60.7 Å². The minimum atomic E-state index is -1.22. The van der Waals surface area contributed by atoms with Crippen LogP contribution in [0.2, 0.25) is 5.02 Å². The van der Waals surface area contributed by atoms with E-state index in [9.17, 15) is 34.2 Å². The Balaban J connectivity index is 0.000000257. The summed E-state index contributed by atoms with van der Waals surface area (Å²) in [5.41, 5.74) is -0.227. The molecule has 0 aliphatic rings. The molecule has 3 N–H and O–H groups in total. The maximum Gasteiger partial charge on any atom is 0.337 e. The highest BCUT2D eigenvalue weighted by Crippen LogP contribution is 2.26. The molecule has 0 heterocycles. The Hall–Kier alpha value is -4.58. The summed E-state index contributed by atoms with van der Waals surface area (Å²) < 4.78 is 12.8. The molecular formula is C20H13ClFN3O8. The van der Waals surface area contributed by atoms with Crippen LogP contribution in [-0.4, -0.2) is 32.0 Å². The fourth-order valence-electron chi connectivity index (χ4n) is 2.42. The molecule has 170 valence electrons. The number of anilines is 2. The molecule has 3 aromatic rings. The van der Waals surface area contributed by atoms with Crippen LogP contribution in [0, 0.1) is 26.0 Å². The first-order chi connectivity index (χ1) is 15.5. The first kappa shape index (κ1) is 24.7. The van der Waals surface area contributed by atoms with Gasteiger partial charge in [0, 0.05) is 30.0 Å². The van der Waals surface area contributed by atoms with Gasteiger partial charge in [0.2, 0.25) is 0 Å². The minimum Gasteiger partial charge on any atom is -0.478 e. The molecule has 0 saturated heterocycles. The summed E-state index contributed by atoms with van der Waals surface area (Å²) in [7, 11) is 0. The topological polar surface area (TPSA) is 173 Å². The van der Waals surface area contributed by atoms with Gasteiger partial charge in [0.1, 0.15) is 5.82 Å². The van der Waals surface area contributed by atoms with E-state index in [1.165, 1.54) is 24.3 Å². The number of rotatable bonds is 6. The fourth-order valence-corrected chi connectivity index (χ4v) is 2.67. The number of carbonyl (C=O) groups is 2. The highest BCUT2D eigenvalue weighted by molar-refractivity contribution is 6.33. The second-order valence-corrected chi connectivity index (χ2v) is 6.56. The zero-order valence-electron chi connectivity index (χ0n) is 16.3. The molecule has 0 aromatic heterocycles. The zero-order valence-corrected chi connectivity index (χ0v) is 17.0. The van der Waals surface area contributed by atoms with Crippen LogP contribution in [0.1, 0.15) is 20.7 Å². The van der Waals surface area contributed by atoms with Gasteiger partial charge in [0.15, 0.2) is 0 Å². The lowest BCUT2D eigenvalue weighted by Crippen LogP contribution is -2.03. The van der Waals surface area contributed by atoms with Crippen molar-refractivity contribution in [3.05, 3.63) is 103 Å². The van der Waals surface area contributed by atoms with Gasteiger partial charge in [-0.1, -0.05) is 11.6 Å². The Morgan fingerprint density at radius 2 is 1.30 bits per heavy atom. The van der Waals surface area contributed by atoms with Crippen LogP contribution >= 0.6 is 11.6 Å². The molecule has 11 nitrogen and oxygen atoms in total. The fraction of sp³-hybridized carbons (Fsp3) is 0. The van der Waals surface area contributed by atoms with Crippen LogP contribution in [0.4, 0.5) is 27.1 Å². The molecule has 13 heteroatoms. The molecule has 0 bridgehead atoms. The number of hydrogen-bond donors (Lipinski definition) is 3. The standard InChI is InChI=1S/C13H9FN2O4.C7H4ClNO4/c14-8-1-3-9(4-2-8)15-12-7-10(16(19)20)5-6-11(12)13(17)18;8-6-3-4(9(12)13)1-2-5(6)7(10)11/h1-7,15H,(H,17,18);1-3H,(H,10,11). The molecule has 0 amide bonds. The number of nitrogens with one attached hydrogen (secondary N) is 1. The van der Waals surface area contributed by atoms with Crippen LogP contribution in [-0.2, 0) is 0 Å². The zero-order chi connectivity index (χ0) is 24.7. The van der Waals surface area contributed by atoms with Crippen molar-refractivity contribution < 1.29 is 34.0 Å². The monoisotopic (exact) mass is 477 g/mol. The maximum absolute atomic E-state index is 12.8. The molecule has 0 fully saturated rings. The number of benzene rings is 3. The van der Waals surface area contributed by atoms with Gasteiger partial charge in [0.05, 0.1) is 31.7 Å². The molecule has 0 unspecified atom stereocenters. The SMILES string of the molecule is O=C(O)c1ccc([N+](=O)[O-])cc1Cl.O=C(O)c1ccc([N+](=O)[O-])cc1Nc1ccc(F)cc1. The van der Waals surface area contributed by atoms with Crippen LogP contribution in [0.25, 0.3) is 0 Å². The van der Waals surface area contributed by atoms with Crippen molar-refractivity contribution in [3.63, 3.8) is 0 Å². The smallest absolute Gasteiger partial charge is 0.337 e. The number of nitro groups is 2. The summed E-state index contributed by atoms with van der Waals surface area (Å²) in [5, 5.41) is 41.1. The van der Waals surface area contributed by atoms with Gasteiger partial charge in [-0.05, 0) is 36.4 Å². The number of nitro benzene ring substituents is 2. The van der Waals surface area contributed by atoms with Crippen molar-refractivity contribution in [1.29, 1.82) is 0 Å². The van der Waals surface area contributed by atoms with Gasteiger partial charge < -0.3 is 15.5 Å². The van der Waals surface area contributed by atoms with E-state index in [0.29, 0.717) is 5.69 Å². The van der Waals surface area contributed by atoms with Gasteiger partial charge in [0.25, 0.3) is 11.4 Å². The van der Waals surface area contributed by atoms with E-state index in [1.807, 2.05) is 0 Å². The largest absolute Gasteiger partial charge is 0.478 e. The van der Waals surface area contributed by atoms with E-state index in [2.05, 4.69) is 5.32 Å². The molecular weight excluding hydrogens is 465 g/mol. The van der Waals surface area contributed by atoms with E-state index < -0.39 is 27.6 Å². The van der Waals surface area contributed by atoms with Crippen LogP contribution in [0.3, 0.4) is 0 Å². The van der Waals surface area contributed by atoms with Gasteiger partial charge in [-0.15, -0.1) is 0 Å².